The lowest BCUT2D eigenvalue weighted by Gasteiger charge is -2.11. The highest BCUT2D eigenvalue weighted by atomic mass is 35.5. The number of halogens is 1. The van der Waals surface area contributed by atoms with Crippen molar-refractivity contribution in [3.8, 4) is 11.5 Å². The first-order valence-electron chi connectivity index (χ1n) is 9.09. The fourth-order valence-corrected chi connectivity index (χ4v) is 3.09. The molecule has 29 heavy (non-hydrogen) atoms. The number of anilines is 1. The Kier molecular flexibility index (Phi) is 5.59. The highest BCUT2D eigenvalue weighted by Gasteiger charge is 2.12. The summed E-state index contributed by atoms with van der Waals surface area (Å²) in [6.07, 6.45) is 1.81. The molecular formula is C23H18ClN3O2. The van der Waals surface area contributed by atoms with Crippen molar-refractivity contribution in [3.63, 3.8) is 0 Å². The lowest BCUT2D eigenvalue weighted by molar-refractivity contribution is 0.102. The van der Waals surface area contributed by atoms with E-state index in [1.165, 1.54) is 0 Å². The third kappa shape index (κ3) is 4.65. The van der Waals surface area contributed by atoms with Crippen molar-refractivity contribution in [2.24, 2.45) is 0 Å². The van der Waals surface area contributed by atoms with Gasteiger partial charge in [0.1, 0.15) is 11.5 Å². The molecule has 6 heteroatoms. The van der Waals surface area contributed by atoms with Crippen LogP contribution in [0.25, 0.3) is 0 Å². The van der Waals surface area contributed by atoms with E-state index in [2.05, 4.69) is 10.4 Å². The zero-order chi connectivity index (χ0) is 20.1. The number of para-hydroxylation sites is 2. The van der Waals surface area contributed by atoms with Crippen LogP contribution < -0.4 is 10.1 Å². The third-order valence-electron chi connectivity index (χ3n) is 4.28. The smallest absolute Gasteiger partial charge is 0.258 e. The maximum absolute atomic E-state index is 12.4. The fourth-order valence-electron chi connectivity index (χ4n) is 2.87. The van der Waals surface area contributed by atoms with Crippen molar-refractivity contribution in [3.05, 3.63) is 107 Å². The van der Waals surface area contributed by atoms with Crippen molar-refractivity contribution in [1.82, 2.24) is 9.78 Å². The molecule has 0 spiro atoms. The molecule has 4 rings (SSSR count). The first-order chi connectivity index (χ1) is 14.2. The third-order valence-corrected chi connectivity index (χ3v) is 4.61. The second-order valence-corrected chi connectivity index (χ2v) is 6.76. The molecule has 5 nitrogen and oxygen atoms in total. The van der Waals surface area contributed by atoms with E-state index < -0.39 is 0 Å². The maximum atomic E-state index is 12.4. The summed E-state index contributed by atoms with van der Waals surface area (Å²) in [5.41, 5.74) is 1.38. The predicted molar refractivity (Wildman–Crippen MR) is 114 cm³/mol. The molecule has 4 aromatic rings. The molecule has 0 fully saturated rings. The van der Waals surface area contributed by atoms with Crippen LogP contribution in [0.5, 0.6) is 11.5 Å². The Balaban J connectivity index is 1.47. The van der Waals surface area contributed by atoms with Crippen molar-refractivity contribution in [1.29, 1.82) is 0 Å². The molecule has 0 saturated heterocycles. The Labute approximate surface area is 173 Å². The number of nitrogens with zero attached hydrogens (tertiary/aromatic N) is 2. The quantitative estimate of drug-likeness (QED) is 0.454. The van der Waals surface area contributed by atoms with Crippen LogP contribution in [0.4, 0.5) is 5.82 Å². The Hall–Kier alpha value is -3.57. The monoisotopic (exact) mass is 403 g/mol. The highest BCUT2D eigenvalue weighted by Crippen LogP contribution is 2.26. The highest BCUT2D eigenvalue weighted by molar-refractivity contribution is 6.34. The Morgan fingerprint density at radius 2 is 1.66 bits per heavy atom. The molecule has 1 N–H and O–H groups in total. The summed E-state index contributed by atoms with van der Waals surface area (Å²) in [6, 6.07) is 26.1. The number of rotatable bonds is 6. The zero-order valence-electron chi connectivity index (χ0n) is 15.5. The summed E-state index contributed by atoms with van der Waals surface area (Å²) in [5.74, 6) is 1.69. The molecule has 0 radical (unpaired) electrons. The van der Waals surface area contributed by atoms with Gasteiger partial charge in [-0.2, -0.15) is 5.10 Å². The van der Waals surface area contributed by atoms with Gasteiger partial charge in [-0.05, 0) is 30.3 Å². The van der Waals surface area contributed by atoms with Crippen molar-refractivity contribution in [2.45, 2.75) is 6.54 Å². The minimum Gasteiger partial charge on any atom is -0.457 e. The van der Waals surface area contributed by atoms with Gasteiger partial charge < -0.3 is 10.1 Å². The van der Waals surface area contributed by atoms with Crippen LogP contribution in [0.2, 0.25) is 5.02 Å². The first kappa shape index (κ1) is 18.8. The molecule has 0 aliphatic carbocycles. The Morgan fingerprint density at radius 1 is 0.931 bits per heavy atom. The summed E-state index contributed by atoms with van der Waals surface area (Å²) >= 11 is 6.08. The Morgan fingerprint density at radius 3 is 2.48 bits per heavy atom. The SMILES string of the molecule is O=C(Nc1ccn(Cc2ccccc2Oc2ccccc2)n1)c1ccccc1Cl. The van der Waals surface area contributed by atoms with Gasteiger partial charge in [-0.15, -0.1) is 0 Å². The summed E-state index contributed by atoms with van der Waals surface area (Å²) < 4.78 is 7.74. The number of hydrogen-bond acceptors (Lipinski definition) is 3. The van der Waals surface area contributed by atoms with Gasteiger partial charge in [-0.1, -0.05) is 60.1 Å². The van der Waals surface area contributed by atoms with Crippen LogP contribution in [0.15, 0.2) is 91.1 Å². The first-order valence-corrected chi connectivity index (χ1v) is 9.47. The van der Waals surface area contributed by atoms with Crippen molar-refractivity contribution >= 4 is 23.3 Å². The second-order valence-electron chi connectivity index (χ2n) is 6.36. The molecule has 0 atom stereocenters. The summed E-state index contributed by atoms with van der Waals surface area (Å²) in [6.45, 7) is 0.505. The summed E-state index contributed by atoms with van der Waals surface area (Å²) in [5, 5.41) is 7.61. The molecule has 0 aliphatic heterocycles. The van der Waals surface area contributed by atoms with E-state index in [4.69, 9.17) is 16.3 Å². The number of hydrogen-bond donors (Lipinski definition) is 1. The van der Waals surface area contributed by atoms with Crippen LogP contribution in [0.3, 0.4) is 0 Å². The van der Waals surface area contributed by atoms with Gasteiger partial charge in [0.15, 0.2) is 5.82 Å². The molecule has 1 heterocycles. The number of benzene rings is 3. The maximum Gasteiger partial charge on any atom is 0.258 e. The van der Waals surface area contributed by atoms with Crippen LogP contribution in [0.1, 0.15) is 15.9 Å². The zero-order valence-corrected chi connectivity index (χ0v) is 16.2. The topological polar surface area (TPSA) is 56.2 Å². The van der Waals surface area contributed by atoms with E-state index in [-0.39, 0.29) is 5.91 Å². The Bertz CT molecular complexity index is 1130. The average Bonchev–Trinajstić information content (AvgIpc) is 3.17. The summed E-state index contributed by atoms with van der Waals surface area (Å²) in [4.78, 5) is 12.4. The normalized spacial score (nSPS) is 10.5. The number of carbonyl (C=O) groups excluding carboxylic acids is 1. The van der Waals surface area contributed by atoms with Gasteiger partial charge in [0.05, 0.1) is 17.1 Å². The lowest BCUT2D eigenvalue weighted by Crippen LogP contribution is -2.13. The van der Waals surface area contributed by atoms with Crippen LogP contribution in [-0.4, -0.2) is 15.7 Å². The summed E-state index contributed by atoms with van der Waals surface area (Å²) in [7, 11) is 0. The number of ether oxygens (including phenoxy) is 1. The lowest BCUT2D eigenvalue weighted by atomic mass is 10.2. The van der Waals surface area contributed by atoms with E-state index in [9.17, 15) is 4.79 Å². The average molecular weight is 404 g/mol. The number of aromatic nitrogens is 2. The van der Waals surface area contributed by atoms with Crippen molar-refractivity contribution < 1.29 is 9.53 Å². The standard InChI is InChI=1S/C23H18ClN3O2/c24-20-12-6-5-11-19(20)23(28)25-22-14-15-27(26-22)16-17-8-4-7-13-21(17)29-18-9-2-1-3-10-18/h1-15H,16H2,(H,25,26,28). The van der Waals surface area contributed by atoms with Gasteiger partial charge in [0.25, 0.3) is 5.91 Å². The second kappa shape index (κ2) is 8.63. The van der Waals surface area contributed by atoms with Crippen molar-refractivity contribution in [2.75, 3.05) is 5.32 Å². The molecule has 0 aliphatic rings. The molecule has 0 unspecified atom stereocenters. The molecule has 1 aromatic heterocycles. The van der Waals surface area contributed by atoms with E-state index in [0.717, 1.165) is 17.1 Å². The minimum absolute atomic E-state index is 0.298. The van der Waals surface area contributed by atoms with E-state index >= 15 is 0 Å². The van der Waals surface area contributed by atoms with Gasteiger partial charge in [0, 0.05) is 17.8 Å². The van der Waals surface area contributed by atoms with Gasteiger partial charge in [-0.3, -0.25) is 9.48 Å². The van der Waals surface area contributed by atoms with Crippen LogP contribution >= 0.6 is 11.6 Å². The van der Waals surface area contributed by atoms with Gasteiger partial charge in [0.2, 0.25) is 0 Å². The number of carbonyl (C=O) groups is 1. The van der Waals surface area contributed by atoms with E-state index in [1.807, 2.05) is 60.8 Å². The van der Waals surface area contributed by atoms with Crippen LogP contribution in [0, 0.1) is 0 Å². The predicted octanol–water partition coefficient (Wildman–Crippen LogP) is 5.63. The van der Waals surface area contributed by atoms with Gasteiger partial charge >= 0.3 is 0 Å². The molecule has 144 valence electrons. The number of amides is 1. The minimum atomic E-state index is -0.298. The molecular weight excluding hydrogens is 386 g/mol. The molecule has 3 aromatic carbocycles. The molecule has 1 amide bonds. The number of nitrogens with one attached hydrogen (secondary N) is 1. The molecule has 0 saturated carbocycles. The van der Waals surface area contributed by atoms with Gasteiger partial charge in [-0.25, -0.2) is 0 Å². The fraction of sp³-hybridized carbons (Fsp3) is 0.0435. The largest absolute Gasteiger partial charge is 0.457 e. The van der Waals surface area contributed by atoms with E-state index in [0.29, 0.717) is 22.9 Å². The molecule has 0 bridgehead atoms. The van der Waals surface area contributed by atoms with E-state index in [1.54, 1.807) is 35.0 Å². The van der Waals surface area contributed by atoms with Crippen LogP contribution in [-0.2, 0) is 6.54 Å².